The Balaban J connectivity index is 1.64. The molecule has 0 N–H and O–H groups in total. The van der Waals surface area contributed by atoms with Gasteiger partial charge in [-0.3, -0.25) is 4.79 Å². The van der Waals surface area contributed by atoms with E-state index in [9.17, 15) is 9.59 Å². The maximum atomic E-state index is 12.7. The van der Waals surface area contributed by atoms with Crippen LogP contribution < -0.4 is 9.47 Å². The van der Waals surface area contributed by atoms with Gasteiger partial charge >= 0.3 is 11.9 Å². The van der Waals surface area contributed by atoms with Crippen LogP contribution in [0.25, 0.3) is 22.3 Å². The quantitative estimate of drug-likeness (QED) is 0.287. The van der Waals surface area contributed by atoms with Crippen LogP contribution in [0.2, 0.25) is 0 Å². The smallest absolute Gasteiger partial charge is 0.342 e. The minimum Gasteiger partial charge on any atom is -0.497 e. The second-order valence-corrected chi connectivity index (χ2v) is 7.05. The van der Waals surface area contributed by atoms with Gasteiger partial charge in [0.25, 0.3) is 0 Å². The molecule has 0 spiro atoms. The van der Waals surface area contributed by atoms with Crippen LogP contribution in [-0.4, -0.2) is 25.7 Å². The third-order valence-electron chi connectivity index (χ3n) is 4.91. The number of hydrogen-bond donors (Lipinski definition) is 0. The lowest BCUT2D eigenvalue weighted by Crippen LogP contribution is -2.11. The molecule has 0 atom stereocenters. The molecule has 0 bridgehead atoms. The Kier molecular flexibility index (Phi) is 6.22. The number of furan rings is 1. The molecule has 0 unspecified atom stereocenters. The van der Waals surface area contributed by atoms with Gasteiger partial charge in [0.05, 0.1) is 20.1 Å². The molecule has 0 amide bonds. The molecule has 32 heavy (non-hydrogen) atoms. The Hall–Kier alpha value is -4.06. The Labute approximate surface area is 185 Å². The van der Waals surface area contributed by atoms with Crippen molar-refractivity contribution in [2.45, 2.75) is 13.3 Å². The zero-order valence-corrected chi connectivity index (χ0v) is 17.8. The average molecular weight is 430 g/mol. The molecule has 6 heteroatoms. The summed E-state index contributed by atoms with van der Waals surface area (Å²) >= 11 is 0. The molecule has 1 heterocycles. The Morgan fingerprint density at radius 2 is 1.62 bits per heavy atom. The van der Waals surface area contributed by atoms with E-state index in [-0.39, 0.29) is 13.0 Å². The van der Waals surface area contributed by atoms with Crippen molar-refractivity contribution in [1.29, 1.82) is 0 Å². The number of fused-ring (bicyclic) bond motifs is 1. The zero-order chi connectivity index (χ0) is 22.5. The lowest BCUT2D eigenvalue weighted by atomic mass is 10.1. The van der Waals surface area contributed by atoms with Crippen molar-refractivity contribution in [3.63, 3.8) is 0 Å². The molecule has 0 aliphatic rings. The van der Waals surface area contributed by atoms with Crippen LogP contribution in [0.15, 0.2) is 77.2 Å². The number of rotatable bonds is 7. The van der Waals surface area contributed by atoms with Gasteiger partial charge in [0.1, 0.15) is 28.4 Å². The van der Waals surface area contributed by atoms with Crippen molar-refractivity contribution < 1.29 is 28.2 Å². The van der Waals surface area contributed by atoms with E-state index in [1.165, 1.54) is 0 Å². The van der Waals surface area contributed by atoms with Gasteiger partial charge in [-0.25, -0.2) is 4.79 Å². The predicted molar refractivity (Wildman–Crippen MR) is 120 cm³/mol. The summed E-state index contributed by atoms with van der Waals surface area (Å²) in [5.41, 5.74) is 2.37. The predicted octanol–water partition coefficient (Wildman–Crippen LogP) is 5.43. The maximum Gasteiger partial charge on any atom is 0.342 e. The van der Waals surface area contributed by atoms with E-state index in [4.69, 9.17) is 18.6 Å². The minimum atomic E-state index is -0.494. The molecule has 6 nitrogen and oxygen atoms in total. The second kappa shape index (κ2) is 9.39. The summed E-state index contributed by atoms with van der Waals surface area (Å²) in [6.07, 6.45) is 0.105. The number of ether oxygens (including phenoxy) is 3. The molecule has 4 rings (SSSR count). The topological polar surface area (TPSA) is 75.0 Å². The van der Waals surface area contributed by atoms with E-state index >= 15 is 0 Å². The fraction of sp³-hybridized carbons (Fsp3) is 0.154. The fourth-order valence-corrected chi connectivity index (χ4v) is 3.42. The number of hydrogen-bond acceptors (Lipinski definition) is 6. The highest BCUT2D eigenvalue weighted by atomic mass is 16.5. The van der Waals surface area contributed by atoms with Crippen LogP contribution in [0, 0.1) is 0 Å². The second-order valence-electron chi connectivity index (χ2n) is 7.05. The zero-order valence-electron chi connectivity index (χ0n) is 17.8. The summed E-state index contributed by atoms with van der Waals surface area (Å²) in [6.45, 7) is 1.98. The van der Waals surface area contributed by atoms with E-state index in [0.29, 0.717) is 33.8 Å². The molecule has 4 aromatic rings. The first-order valence-electron chi connectivity index (χ1n) is 10.2. The first-order valence-corrected chi connectivity index (χ1v) is 10.2. The van der Waals surface area contributed by atoms with Crippen LogP contribution >= 0.6 is 0 Å². The fourth-order valence-electron chi connectivity index (χ4n) is 3.42. The van der Waals surface area contributed by atoms with E-state index in [2.05, 4.69) is 0 Å². The molecule has 0 aliphatic heterocycles. The third-order valence-corrected chi connectivity index (χ3v) is 4.91. The molecular weight excluding hydrogens is 408 g/mol. The van der Waals surface area contributed by atoms with Gasteiger partial charge in [-0.1, -0.05) is 42.5 Å². The summed E-state index contributed by atoms with van der Waals surface area (Å²) in [6, 6.07) is 21.5. The molecule has 0 aliphatic carbocycles. The van der Waals surface area contributed by atoms with Crippen LogP contribution in [0.1, 0.15) is 22.8 Å². The largest absolute Gasteiger partial charge is 0.497 e. The van der Waals surface area contributed by atoms with Gasteiger partial charge in [-0.05, 0) is 42.8 Å². The van der Waals surface area contributed by atoms with E-state index in [1.807, 2.05) is 42.5 Å². The van der Waals surface area contributed by atoms with Crippen LogP contribution in [0.4, 0.5) is 0 Å². The number of benzene rings is 3. The summed E-state index contributed by atoms with van der Waals surface area (Å²) in [5.74, 6) is 0.543. The van der Waals surface area contributed by atoms with Crippen LogP contribution in [0.3, 0.4) is 0 Å². The molecule has 0 fully saturated rings. The van der Waals surface area contributed by atoms with Gasteiger partial charge in [-0.2, -0.15) is 0 Å². The first-order chi connectivity index (χ1) is 15.6. The van der Waals surface area contributed by atoms with Crippen molar-refractivity contribution in [3.8, 4) is 22.8 Å². The molecular formula is C26H22O6. The maximum absolute atomic E-state index is 12.7. The lowest BCUT2D eigenvalue weighted by molar-refractivity contribution is -0.133. The Morgan fingerprint density at radius 3 is 2.31 bits per heavy atom. The summed E-state index contributed by atoms with van der Waals surface area (Å²) in [5, 5.41) is 0.525. The van der Waals surface area contributed by atoms with Crippen molar-refractivity contribution in [1.82, 2.24) is 0 Å². The van der Waals surface area contributed by atoms with E-state index in [0.717, 1.165) is 11.1 Å². The highest BCUT2D eigenvalue weighted by molar-refractivity contribution is 6.09. The van der Waals surface area contributed by atoms with E-state index < -0.39 is 11.9 Å². The number of carbonyl (C=O) groups excluding carboxylic acids is 2. The summed E-state index contributed by atoms with van der Waals surface area (Å²) in [7, 11) is 1.59. The number of esters is 2. The van der Waals surface area contributed by atoms with Gasteiger partial charge in [-0.15, -0.1) is 0 Å². The third kappa shape index (κ3) is 4.49. The van der Waals surface area contributed by atoms with E-state index in [1.54, 1.807) is 44.4 Å². The minimum absolute atomic E-state index is 0.105. The number of methoxy groups -OCH3 is 1. The molecule has 0 saturated heterocycles. The van der Waals surface area contributed by atoms with Gasteiger partial charge in [0.15, 0.2) is 0 Å². The molecule has 1 aromatic heterocycles. The van der Waals surface area contributed by atoms with Crippen molar-refractivity contribution in [2.24, 2.45) is 0 Å². The van der Waals surface area contributed by atoms with Crippen molar-refractivity contribution in [3.05, 3.63) is 83.9 Å². The van der Waals surface area contributed by atoms with Gasteiger partial charge in [0, 0.05) is 10.9 Å². The molecule has 162 valence electrons. The molecule has 0 saturated carbocycles. The summed E-state index contributed by atoms with van der Waals surface area (Å²) < 4.78 is 21.9. The van der Waals surface area contributed by atoms with Crippen molar-refractivity contribution in [2.75, 3.05) is 13.7 Å². The lowest BCUT2D eigenvalue weighted by Gasteiger charge is -2.06. The van der Waals surface area contributed by atoms with Crippen LogP contribution in [-0.2, 0) is 16.0 Å². The number of carbonyl (C=O) groups is 2. The Morgan fingerprint density at radius 1 is 0.906 bits per heavy atom. The molecule has 0 radical (unpaired) electrons. The standard InChI is InChI=1S/C26H22O6/c1-3-30-26(28)24-21-16-20(31-23(27)15-17-9-11-19(29-2)12-10-17)13-14-22(21)32-25(24)18-7-5-4-6-8-18/h4-14,16H,3,15H2,1-2H3. The Bertz CT molecular complexity index is 1240. The van der Waals surface area contributed by atoms with Gasteiger partial charge < -0.3 is 18.6 Å². The van der Waals surface area contributed by atoms with Crippen LogP contribution in [0.5, 0.6) is 11.5 Å². The first kappa shape index (κ1) is 21.2. The molecule has 3 aromatic carbocycles. The highest BCUT2D eigenvalue weighted by Gasteiger charge is 2.24. The SMILES string of the molecule is CCOC(=O)c1c(-c2ccccc2)oc2ccc(OC(=O)Cc3ccc(OC)cc3)cc12. The monoisotopic (exact) mass is 430 g/mol. The normalized spacial score (nSPS) is 10.7. The summed E-state index contributed by atoms with van der Waals surface area (Å²) in [4.78, 5) is 25.2. The van der Waals surface area contributed by atoms with Crippen molar-refractivity contribution >= 4 is 22.9 Å². The average Bonchev–Trinajstić information content (AvgIpc) is 3.19. The highest BCUT2D eigenvalue weighted by Crippen LogP contribution is 2.36. The van der Waals surface area contributed by atoms with Gasteiger partial charge in [0.2, 0.25) is 0 Å².